The Morgan fingerprint density at radius 1 is 0.889 bits per heavy atom. The van der Waals surface area contributed by atoms with E-state index in [4.69, 9.17) is 10.00 Å². The molecule has 0 saturated carbocycles. The zero-order valence-electron chi connectivity index (χ0n) is 10.6. The van der Waals surface area contributed by atoms with Crippen LogP contribution in [0.3, 0.4) is 0 Å². The van der Waals surface area contributed by atoms with Gasteiger partial charge < -0.3 is 4.74 Å². The monoisotopic (exact) mass is 237 g/mol. The molecule has 0 fully saturated rings. The van der Waals surface area contributed by atoms with Gasteiger partial charge in [0.2, 0.25) is 0 Å². The minimum atomic E-state index is -0.0631. The van der Waals surface area contributed by atoms with E-state index >= 15 is 0 Å². The highest BCUT2D eigenvalue weighted by Gasteiger charge is 2.22. The molecule has 0 unspecified atom stereocenters. The fourth-order valence-corrected chi connectivity index (χ4v) is 2.01. The van der Waals surface area contributed by atoms with Crippen LogP contribution in [0.5, 0.6) is 5.75 Å². The standard InChI is InChI=1S/C16H15NO/c1-16(2,13-6-4-3-5-7-13)14-8-10-15(11-9-14)18-12-17/h3-11H,1-2H3. The summed E-state index contributed by atoms with van der Waals surface area (Å²) in [6, 6.07) is 18.0. The van der Waals surface area contributed by atoms with Crippen LogP contribution in [0.15, 0.2) is 54.6 Å². The molecule has 90 valence electrons. The lowest BCUT2D eigenvalue weighted by Gasteiger charge is -2.26. The maximum absolute atomic E-state index is 8.45. The number of nitriles is 1. The summed E-state index contributed by atoms with van der Waals surface area (Å²) >= 11 is 0. The Hall–Kier alpha value is -2.27. The smallest absolute Gasteiger partial charge is 0.292 e. The second-order valence-electron chi connectivity index (χ2n) is 4.71. The largest absolute Gasteiger partial charge is 0.388 e. The van der Waals surface area contributed by atoms with Gasteiger partial charge in [0.05, 0.1) is 0 Å². The van der Waals surface area contributed by atoms with Gasteiger partial charge in [-0.15, -0.1) is 5.26 Å². The van der Waals surface area contributed by atoms with Crippen molar-refractivity contribution in [2.75, 3.05) is 0 Å². The van der Waals surface area contributed by atoms with E-state index in [9.17, 15) is 0 Å². The summed E-state index contributed by atoms with van der Waals surface area (Å²) in [5.74, 6) is 0.574. The highest BCUT2D eigenvalue weighted by molar-refractivity contribution is 5.40. The molecule has 0 radical (unpaired) electrons. The van der Waals surface area contributed by atoms with Gasteiger partial charge in [0, 0.05) is 5.41 Å². The zero-order chi connectivity index (χ0) is 13.0. The first-order valence-corrected chi connectivity index (χ1v) is 5.86. The molecule has 2 aromatic carbocycles. The van der Waals surface area contributed by atoms with E-state index in [2.05, 4.69) is 26.0 Å². The van der Waals surface area contributed by atoms with Crippen LogP contribution in [0.1, 0.15) is 25.0 Å². The van der Waals surface area contributed by atoms with Crippen LogP contribution in [0.25, 0.3) is 0 Å². The van der Waals surface area contributed by atoms with Crippen molar-refractivity contribution >= 4 is 0 Å². The first-order chi connectivity index (χ1) is 8.64. The topological polar surface area (TPSA) is 33.0 Å². The van der Waals surface area contributed by atoms with Crippen LogP contribution >= 0.6 is 0 Å². The highest BCUT2D eigenvalue weighted by atomic mass is 16.5. The van der Waals surface area contributed by atoms with E-state index < -0.39 is 0 Å². The Morgan fingerprint density at radius 2 is 1.44 bits per heavy atom. The number of ether oxygens (including phenoxy) is 1. The number of hydrogen-bond acceptors (Lipinski definition) is 2. The fraction of sp³-hybridized carbons (Fsp3) is 0.188. The molecule has 2 rings (SSSR count). The molecule has 0 aliphatic heterocycles. The van der Waals surface area contributed by atoms with E-state index in [0.717, 1.165) is 0 Å². The number of rotatable bonds is 3. The summed E-state index contributed by atoms with van der Waals surface area (Å²) in [4.78, 5) is 0. The van der Waals surface area contributed by atoms with E-state index in [1.165, 1.54) is 11.1 Å². The molecule has 0 saturated heterocycles. The third-order valence-corrected chi connectivity index (χ3v) is 3.23. The Bertz CT molecular complexity index is 550. The third-order valence-electron chi connectivity index (χ3n) is 3.23. The van der Waals surface area contributed by atoms with Crippen molar-refractivity contribution in [3.05, 3.63) is 65.7 Å². The molecule has 2 aromatic rings. The van der Waals surface area contributed by atoms with Crippen molar-refractivity contribution in [1.82, 2.24) is 0 Å². The van der Waals surface area contributed by atoms with E-state index in [0.29, 0.717) is 5.75 Å². The maximum atomic E-state index is 8.45. The van der Waals surface area contributed by atoms with Gasteiger partial charge in [-0.05, 0) is 23.3 Å². The molecule has 0 aliphatic rings. The van der Waals surface area contributed by atoms with Crippen molar-refractivity contribution in [3.63, 3.8) is 0 Å². The average molecular weight is 237 g/mol. The summed E-state index contributed by atoms with van der Waals surface area (Å²) < 4.78 is 4.78. The van der Waals surface area contributed by atoms with E-state index in [1.54, 1.807) is 6.26 Å². The van der Waals surface area contributed by atoms with Crippen LogP contribution in [-0.4, -0.2) is 0 Å². The second-order valence-corrected chi connectivity index (χ2v) is 4.71. The number of nitrogens with zero attached hydrogens (tertiary/aromatic N) is 1. The summed E-state index contributed by atoms with van der Waals surface area (Å²) in [5.41, 5.74) is 2.39. The predicted octanol–water partition coefficient (Wildman–Crippen LogP) is 3.87. The second kappa shape index (κ2) is 4.93. The average Bonchev–Trinajstić information content (AvgIpc) is 2.41. The van der Waals surface area contributed by atoms with Gasteiger partial charge in [-0.25, -0.2) is 0 Å². The Balaban J connectivity index is 2.33. The molecule has 18 heavy (non-hydrogen) atoms. The SMILES string of the molecule is CC(C)(c1ccccc1)c1ccc(OC#N)cc1. The van der Waals surface area contributed by atoms with E-state index in [-0.39, 0.29) is 5.41 Å². The molecule has 2 nitrogen and oxygen atoms in total. The molecule has 0 heterocycles. The zero-order valence-corrected chi connectivity index (χ0v) is 10.6. The van der Waals surface area contributed by atoms with Gasteiger partial charge in [0.15, 0.2) is 0 Å². The molecule has 0 N–H and O–H groups in total. The minimum Gasteiger partial charge on any atom is -0.388 e. The lowest BCUT2D eigenvalue weighted by molar-refractivity contribution is 0.506. The molecule has 0 amide bonds. The van der Waals surface area contributed by atoms with Crippen LogP contribution in [0.2, 0.25) is 0 Å². The van der Waals surface area contributed by atoms with Crippen molar-refractivity contribution in [2.45, 2.75) is 19.3 Å². The van der Waals surface area contributed by atoms with Gasteiger partial charge in [0.1, 0.15) is 5.75 Å². The first-order valence-electron chi connectivity index (χ1n) is 5.86. The maximum Gasteiger partial charge on any atom is 0.292 e. The van der Waals surface area contributed by atoms with Gasteiger partial charge in [-0.1, -0.05) is 56.3 Å². The van der Waals surface area contributed by atoms with Crippen LogP contribution in [0.4, 0.5) is 0 Å². The Morgan fingerprint density at radius 3 is 2.00 bits per heavy atom. The van der Waals surface area contributed by atoms with Gasteiger partial charge in [-0.2, -0.15) is 0 Å². The molecule has 0 bridgehead atoms. The van der Waals surface area contributed by atoms with Crippen molar-refractivity contribution in [3.8, 4) is 12.0 Å². The normalized spacial score (nSPS) is 10.7. The minimum absolute atomic E-state index is 0.0631. The molecule has 0 aromatic heterocycles. The highest BCUT2D eigenvalue weighted by Crippen LogP contribution is 2.32. The Labute approximate surface area is 107 Å². The van der Waals surface area contributed by atoms with Crippen molar-refractivity contribution < 1.29 is 4.74 Å². The predicted molar refractivity (Wildman–Crippen MR) is 71.3 cm³/mol. The van der Waals surface area contributed by atoms with Gasteiger partial charge in [0.25, 0.3) is 6.26 Å². The quantitative estimate of drug-likeness (QED) is 0.759. The van der Waals surface area contributed by atoms with Gasteiger partial charge >= 0.3 is 0 Å². The van der Waals surface area contributed by atoms with Crippen LogP contribution in [-0.2, 0) is 5.41 Å². The third kappa shape index (κ3) is 2.36. The number of hydrogen-bond donors (Lipinski definition) is 0. The van der Waals surface area contributed by atoms with Gasteiger partial charge in [-0.3, -0.25) is 0 Å². The molecular weight excluding hydrogens is 222 g/mol. The fourth-order valence-electron chi connectivity index (χ4n) is 2.01. The molecule has 0 spiro atoms. The summed E-state index contributed by atoms with van der Waals surface area (Å²) in [6.45, 7) is 4.37. The molecule has 2 heteroatoms. The summed E-state index contributed by atoms with van der Waals surface area (Å²) in [6.07, 6.45) is 1.67. The van der Waals surface area contributed by atoms with Crippen LogP contribution < -0.4 is 4.74 Å². The molecular formula is C16H15NO. The molecule has 0 aliphatic carbocycles. The molecule has 0 atom stereocenters. The lowest BCUT2D eigenvalue weighted by Crippen LogP contribution is -2.18. The van der Waals surface area contributed by atoms with Crippen molar-refractivity contribution in [1.29, 1.82) is 5.26 Å². The first kappa shape index (κ1) is 12.2. The summed E-state index contributed by atoms with van der Waals surface area (Å²) in [5, 5.41) is 8.45. The van der Waals surface area contributed by atoms with Crippen molar-refractivity contribution in [2.24, 2.45) is 0 Å². The van der Waals surface area contributed by atoms with E-state index in [1.807, 2.05) is 42.5 Å². The summed E-state index contributed by atoms with van der Waals surface area (Å²) in [7, 11) is 0. The van der Waals surface area contributed by atoms with Crippen LogP contribution in [0, 0.1) is 11.5 Å². The Kier molecular flexibility index (Phi) is 3.34. The lowest BCUT2D eigenvalue weighted by atomic mass is 9.78. The number of benzene rings is 2.